The lowest BCUT2D eigenvalue weighted by atomic mass is 10.0. The minimum absolute atomic E-state index is 0.138. The van der Waals surface area contributed by atoms with E-state index < -0.39 is 10.0 Å². The van der Waals surface area contributed by atoms with Gasteiger partial charge in [0.25, 0.3) is 0 Å². The third-order valence-electron chi connectivity index (χ3n) is 7.02. The number of aryl methyl sites for hydroxylation is 1. The molecular weight excluding hydrogens is 490 g/mol. The van der Waals surface area contributed by atoms with Gasteiger partial charge in [0.15, 0.2) is 0 Å². The van der Waals surface area contributed by atoms with E-state index in [0.29, 0.717) is 6.54 Å². The number of hydrogen-bond acceptors (Lipinski definition) is 6. The molecular formula is C28H35N3O3S2. The lowest BCUT2D eigenvalue weighted by molar-refractivity contribution is 0.241. The average Bonchev–Trinajstić information content (AvgIpc) is 3.60. The molecule has 0 saturated carbocycles. The van der Waals surface area contributed by atoms with Gasteiger partial charge in [-0.1, -0.05) is 18.2 Å². The van der Waals surface area contributed by atoms with E-state index in [1.807, 2.05) is 32.2 Å². The molecule has 1 N–H and O–H groups in total. The quantitative estimate of drug-likeness (QED) is 0.395. The molecule has 0 unspecified atom stereocenters. The lowest BCUT2D eigenvalue weighted by Gasteiger charge is -2.18. The van der Waals surface area contributed by atoms with Gasteiger partial charge >= 0.3 is 0 Å². The molecule has 0 spiro atoms. The number of fused-ring (bicyclic) bond motifs is 1. The highest BCUT2D eigenvalue weighted by Crippen LogP contribution is 2.41. The number of sulfonamides is 1. The van der Waals surface area contributed by atoms with E-state index in [1.54, 1.807) is 11.3 Å². The first-order valence-electron chi connectivity index (χ1n) is 12.9. The summed E-state index contributed by atoms with van der Waals surface area (Å²) in [6.45, 7) is 8.76. The predicted molar refractivity (Wildman–Crippen MR) is 147 cm³/mol. The molecule has 8 heteroatoms. The highest BCUT2D eigenvalue weighted by molar-refractivity contribution is 7.89. The number of nitrogens with zero attached hydrogens (tertiary/aromatic N) is 2. The van der Waals surface area contributed by atoms with Gasteiger partial charge in [0.2, 0.25) is 10.0 Å². The van der Waals surface area contributed by atoms with E-state index in [4.69, 9.17) is 9.72 Å². The average molecular weight is 526 g/mol. The molecule has 1 saturated heterocycles. The molecule has 1 fully saturated rings. The number of hydrogen-bond donors (Lipinski definition) is 1. The van der Waals surface area contributed by atoms with Crippen molar-refractivity contribution in [1.29, 1.82) is 0 Å². The lowest BCUT2D eigenvalue weighted by Crippen LogP contribution is -2.35. The van der Waals surface area contributed by atoms with Crippen molar-refractivity contribution in [3.05, 3.63) is 59.3 Å². The summed E-state index contributed by atoms with van der Waals surface area (Å²) in [5.74, 6) is 1.07. The number of aromatic nitrogens is 1. The molecule has 0 bridgehead atoms. The van der Waals surface area contributed by atoms with Crippen LogP contribution in [0.5, 0.6) is 5.75 Å². The number of rotatable bonds is 9. The number of ether oxygens (including phenoxy) is 1. The fourth-order valence-corrected chi connectivity index (χ4v) is 7.50. The van der Waals surface area contributed by atoms with Crippen LogP contribution in [0.3, 0.4) is 0 Å². The SMILES string of the molecule is Cc1cc(-c2ncc(-c3cccc4c3CC[C@@H]4NS(=O)(=O)CCN3CCCC3)s2)ccc1OC(C)C. The van der Waals surface area contributed by atoms with E-state index in [9.17, 15) is 8.42 Å². The number of benzene rings is 2. The molecule has 0 amide bonds. The van der Waals surface area contributed by atoms with Crippen LogP contribution in [0.25, 0.3) is 21.0 Å². The van der Waals surface area contributed by atoms with Crippen LogP contribution in [-0.4, -0.2) is 49.8 Å². The molecule has 192 valence electrons. The molecule has 0 radical (unpaired) electrons. The Kier molecular flexibility index (Phi) is 7.49. The van der Waals surface area contributed by atoms with Gasteiger partial charge in [-0.25, -0.2) is 18.1 Å². The van der Waals surface area contributed by atoms with Crippen LogP contribution in [-0.2, 0) is 16.4 Å². The van der Waals surface area contributed by atoms with E-state index in [1.165, 1.54) is 18.4 Å². The fourth-order valence-electron chi connectivity index (χ4n) is 5.24. The van der Waals surface area contributed by atoms with Gasteiger partial charge in [-0.2, -0.15) is 0 Å². The first-order valence-corrected chi connectivity index (χ1v) is 15.3. The molecule has 6 nitrogen and oxygen atoms in total. The zero-order valence-corrected chi connectivity index (χ0v) is 22.9. The summed E-state index contributed by atoms with van der Waals surface area (Å²) in [6.07, 6.45) is 6.07. The maximum atomic E-state index is 12.8. The van der Waals surface area contributed by atoms with Gasteiger partial charge in [0, 0.05) is 24.3 Å². The number of likely N-dealkylation sites (tertiary alicyclic amines) is 1. The standard InChI is InChI=1S/C28H35N3O3S2/c1-19(2)34-26-12-9-21(17-20(26)3)28-29-18-27(35-28)24-8-6-7-23-22(24)10-11-25(23)30-36(32,33)16-15-31-13-4-5-14-31/h6-9,12,17-19,25,30H,4-5,10-11,13-16H2,1-3H3/t25-/m0/s1. The Labute approximate surface area is 218 Å². The maximum Gasteiger partial charge on any atom is 0.213 e. The van der Waals surface area contributed by atoms with Gasteiger partial charge in [0.05, 0.1) is 16.7 Å². The Balaban J connectivity index is 1.32. The molecule has 1 aliphatic heterocycles. The van der Waals surface area contributed by atoms with Crippen LogP contribution in [0.15, 0.2) is 42.6 Å². The zero-order valence-electron chi connectivity index (χ0n) is 21.3. The molecule has 1 aliphatic carbocycles. The van der Waals surface area contributed by atoms with Gasteiger partial charge in [-0.15, -0.1) is 11.3 Å². The first kappa shape index (κ1) is 25.4. The Morgan fingerprint density at radius 2 is 2.00 bits per heavy atom. The summed E-state index contributed by atoms with van der Waals surface area (Å²) >= 11 is 1.67. The van der Waals surface area contributed by atoms with Crippen molar-refractivity contribution in [2.75, 3.05) is 25.4 Å². The second-order valence-corrected chi connectivity index (χ2v) is 13.0. The second-order valence-electron chi connectivity index (χ2n) is 10.1. The highest BCUT2D eigenvalue weighted by Gasteiger charge is 2.29. The van der Waals surface area contributed by atoms with E-state index >= 15 is 0 Å². The zero-order chi connectivity index (χ0) is 25.3. The molecule has 2 aliphatic rings. The Bertz CT molecular complexity index is 1330. The van der Waals surface area contributed by atoms with Crippen molar-refractivity contribution in [1.82, 2.24) is 14.6 Å². The van der Waals surface area contributed by atoms with Crippen molar-refractivity contribution < 1.29 is 13.2 Å². The largest absolute Gasteiger partial charge is 0.491 e. The van der Waals surface area contributed by atoms with Crippen molar-refractivity contribution in [3.8, 4) is 26.8 Å². The van der Waals surface area contributed by atoms with Crippen LogP contribution >= 0.6 is 11.3 Å². The molecule has 3 aromatic rings. The molecule has 1 aromatic heterocycles. The van der Waals surface area contributed by atoms with Crippen LogP contribution < -0.4 is 9.46 Å². The van der Waals surface area contributed by atoms with Gasteiger partial charge in [0.1, 0.15) is 10.8 Å². The van der Waals surface area contributed by atoms with Crippen LogP contribution in [0.1, 0.15) is 55.8 Å². The summed E-state index contributed by atoms with van der Waals surface area (Å²) in [5.41, 5.74) is 5.66. The molecule has 2 heterocycles. The van der Waals surface area contributed by atoms with E-state index in [2.05, 4.69) is 40.8 Å². The fraction of sp³-hybridized carbons (Fsp3) is 0.464. The summed E-state index contributed by atoms with van der Waals surface area (Å²) in [6, 6.07) is 12.3. The number of thiazole rings is 1. The molecule has 1 atom stereocenters. The maximum absolute atomic E-state index is 12.8. The minimum atomic E-state index is -3.33. The van der Waals surface area contributed by atoms with Gasteiger partial charge in [-0.3, -0.25) is 0 Å². The molecule has 36 heavy (non-hydrogen) atoms. The monoisotopic (exact) mass is 525 g/mol. The Morgan fingerprint density at radius 3 is 2.75 bits per heavy atom. The van der Waals surface area contributed by atoms with Crippen LogP contribution in [0, 0.1) is 6.92 Å². The summed E-state index contributed by atoms with van der Waals surface area (Å²) in [7, 11) is -3.33. The van der Waals surface area contributed by atoms with Crippen molar-refractivity contribution in [2.45, 2.75) is 58.6 Å². The van der Waals surface area contributed by atoms with Crippen molar-refractivity contribution >= 4 is 21.4 Å². The molecule has 5 rings (SSSR count). The van der Waals surface area contributed by atoms with Crippen molar-refractivity contribution in [2.24, 2.45) is 0 Å². The summed E-state index contributed by atoms with van der Waals surface area (Å²) < 4.78 is 34.5. The smallest absolute Gasteiger partial charge is 0.213 e. The van der Waals surface area contributed by atoms with Crippen LogP contribution in [0.2, 0.25) is 0 Å². The summed E-state index contributed by atoms with van der Waals surface area (Å²) in [4.78, 5) is 8.08. The molecule has 2 aromatic carbocycles. The second kappa shape index (κ2) is 10.6. The third kappa shape index (κ3) is 5.67. The number of nitrogens with one attached hydrogen (secondary N) is 1. The normalized spacial score (nSPS) is 18.2. The van der Waals surface area contributed by atoms with Gasteiger partial charge in [-0.05, 0) is 100.0 Å². The predicted octanol–water partition coefficient (Wildman–Crippen LogP) is 5.58. The van der Waals surface area contributed by atoms with Crippen LogP contribution in [0.4, 0.5) is 0 Å². The van der Waals surface area contributed by atoms with Crippen molar-refractivity contribution in [3.63, 3.8) is 0 Å². The summed E-state index contributed by atoms with van der Waals surface area (Å²) in [5, 5.41) is 0.971. The highest BCUT2D eigenvalue weighted by atomic mass is 32.2. The topological polar surface area (TPSA) is 71.5 Å². The minimum Gasteiger partial charge on any atom is -0.491 e. The van der Waals surface area contributed by atoms with Gasteiger partial charge < -0.3 is 9.64 Å². The Hall–Kier alpha value is -2.26. The third-order valence-corrected chi connectivity index (χ3v) is 9.47. The van der Waals surface area contributed by atoms with E-state index in [-0.39, 0.29) is 17.9 Å². The van der Waals surface area contributed by atoms with E-state index in [0.717, 1.165) is 63.8 Å². The Morgan fingerprint density at radius 1 is 1.19 bits per heavy atom. The first-order chi connectivity index (χ1) is 17.3.